The number of hydroxylamine groups is 2. The molecule has 0 saturated carbocycles. The van der Waals surface area contributed by atoms with Gasteiger partial charge in [0.05, 0.1) is 27.2 Å². The number of rotatable bonds is 11. The van der Waals surface area contributed by atoms with E-state index in [0.717, 1.165) is 16.7 Å². The van der Waals surface area contributed by atoms with E-state index in [4.69, 9.17) is 14.3 Å². The van der Waals surface area contributed by atoms with E-state index in [-0.39, 0.29) is 18.9 Å². The monoisotopic (exact) mass is 523 g/mol. The van der Waals surface area contributed by atoms with Gasteiger partial charge in [0.25, 0.3) is 0 Å². The Hall–Kier alpha value is -4.62. The van der Waals surface area contributed by atoms with Gasteiger partial charge >= 0.3 is 5.97 Å². The van der Waals surface area contributed by atoms with Gasteiger partial charge in [-0.25, -0.2) is 5.06 Å². The average molecular weight is 524 g/mol. The zero-order valence-corrected chi connectivity index (χ0v) is 21.7. The molecule has 4 aromatic rings. The number of aliphatic carboxylic acids is 1. The molecule has 5 rings (SSSR count). The minimum absolute atomic E-state index is 0.0452. The van der Waals surface area contributed by atoms with E-state index in [2.05, 4.69) is 24.3 Å². The first-order valence-corrected chi connectivity index (χ1v) is 12.6. The van der Waals surface area contributed by atoms with Crippen LogP contribution in [0, 0.1) is 0 Å². The van der Waals surface area contributed by atoms with Crippen LogP contribution in [0.25, 0.3) is 11.1 Å². The third kappa shape index (κ3) is 5.22. The van der Waals surface area contributed by atoms with E-state index in [1.807, 2.05) is 42.5 Å². The van der Waals surface area contributed by atoms with Crippen LogP contribution in [-0.4, -0.2) is 43.4 Å². The molecule has 7 nitrogen and oxygen atoms in total. The maximum absolute atomic E-state index is 12.6. The Morgan fingerprint density at radius 2 is 1.54 bits per heavy atom. The first-order chi connectivity index (χ1) is 19.0. The fourth-order valence-electron chi connectivity index (χ4n) is 5.27. The van der Waals surface area contributed by atoms with Crippen molar-refractivity contribution >= 4 is 12.4 Å². The first-order valence-electron chi connectivity index (χ1n) is 12.6. The topological polar surface area (TPSA) is 85.3 Å². The Kier molecular flexibility index (Phi) is 7.61. The molecule has 0 saturated heterocycles. The highest BCUT2D eigenvalue weighted by Crippen LogP contribution is 2.45. The maximum atomic E-state index is 12.6. The van der Waals surface area contributed by atoms with Crippen LogP contribution in [0.4, 0.5) is 0 Å². The van der Waals surface area contributed by atoms with Crippen molar-refractivity contribution in [3.8, 4) is 22.6 Å². The van der Waals surface area contributed by atoms with Crippen LogP contribution >= 0.6 is 0 Å². The van der Waals surface area contributed by atoms with Gasteiger partial charge in [0.2, 0.25) is 6.41 Å². The second-order valence-electron chi connectivity index (χ2n) is 9.31. The van der Waals surface area contributed by atoms with Crippen LogP contribution in [0.3, 0.4) is 0 Å². The number of hydrogen-bond donors (Lipinski definition) is 1. The number of methoxy groups -OCH3 is 2. The third-order valence-corrected chi connectivity index (χ3v) is 7.10. The molecule has 4 aromatic carbocycles. The standard InChI is InChI=1S/C32H29NO6/c1-37-23-15-16-28(30(18-23)38-2)32(22-13-11-21(12-14-22)17-31(35)36)33(20-34)39-19-29-26-9-5-3-7-24(26)25-8-4-6-10-27(25)29/h3-16,18,20,29,32H,17,19H2,1-2H3,(H,35,36)/t32-/m0/s1. The Morgan fingerprint density at radius 1 is 0.897 bits per heavy atom. The molecule has 0 unspecified atom stereocenters. The van der Waals surface area contributed by atoms with Crippen molar-refractivity contribution in [2.75, 3.05) is 20.8 Å². The van der Waals surface area contributed by atoms with E-state index < -0.39 is 12.0 Å². The van der Waals surface area contributed by atoms with E-state index in [9.17, 15) is 14.7 Å². The fourth-order valence-corrected chi connectivity index (χ4v) is 5.27. The van der Waals surface area contributed by atoms with E-state index >= 15 is 0 Å². The molecule has 7 heteroatoms. The van der Waals surface area contributed by atoms with Crippen LogP contribution in [0.2, 0.25) is 0 Å². The van der Waals surface area contributed by atoms with Crippen molar-refractivity contribution in [1.82, 2.24) is 5.06 Å². The molecule has 0 aromatic heterocycles. The summed E-state index contributed by atoms with van der Waals surface area (Å²) in [6, 6.07) is 28.3. The van der Waals surface area contributed by atoms with Crippen molar-refractivity contribution in [2.24, 2.45) is 0 Å². The lowest BCUT2D eigenvalue weighted by Crippen LogP contribution is -2.30. The van der Waals surface area contributed by atoms with Gasteiger partial charge in [0.15, 0.2) is 0 Å². The summed E-state index contributed by atoms with van der Waals surface area (Å²) < 4.78 is 11.0. The summed E-state index contributed by atoms with van der Waals surface area (Å²) in [4.78, 5) is 30.1. The SMILES string of the molecule is COc1ccc([C@H](c2ccc(CC(=O)O)cc2)N(C=O)OCC2c3ccccc3-c3ccccc32)c(OC)c1. The Balaban J connectivity index is 1.51. The molecule has 0 spiro atoms. The molecule has 1 aliphatic rings. The summed E-state index contributed by atoms with van der Waals surface area (Å²) in [5, 5.41) is 10.5. The van der Waals surface area contributed by atoms with E-state index in [1.165, 1.54) is 16.2 Å². The summed E-state index contributed by atoms with van der Waals surface area (Å²) >= 11 is 0. The number of ether oxygens (including phenoxy) is 2. The molecule has 0 aliphatic heterocycles. The van der Waals surface area contributed by atoms with E-state index in [1.54, 1.807) is 38.5 Å². The molecule has 1 N–H and O–H groups in total. The molecule has 0 heterocycles. The van der Waals surface area contributed by atoms with Gasteiger partial charge in [0.1, 0.15) is 17.5 Å². The second-order valence-corrected chi connectivity index (χ2v) is 9.31. The summed E-state index contributed by atoms with van der Waals surface area (Å²) in [5.41, 5.74) is 6.74. The predicted molar refractivity (Wildman–Crippen MR) is 147 cm³/mol. The van der Waals surface area contributed by atoms with Gasteiger partial charge in [-0.2, -0.15) is 0 Å². The van der Waals surface area contributed by atoms with Gasteiger partial charge in [-0.05, 0) is 45.5 Å². The number of benzene rings is 4. The third-order valence-electron chi connectivity index (χ3n) is 7.10. The number of carbonyl (C=O) groups excluding carboxylic acids is 1. The zero-order chi connectivity index (χ0) is 27.4. The van der Waals surface area contributed by atoms with Gasteiger partial charge in [0, 0.05) is 17.5 Å². The van der Waals surface area contributed by atoms with Gasteiger partial charge in [-0.15, -0.1) is 0 Å². The Morgan fingerprint density at radius 3 is 2.10 bits per heavy atom. The lowest BCUT2D eigenvalue weighted by atomic mass is 9.96. The van der Waals surface area contributed by atoms with Crippen LogP contribution < -0.4 is 9.47 Å². The van der Waals surface area contributed by atoms with Crippen molar-refractivity contribution in [2.45, 2.75) is 18.4 Å². The van der Waals surface area contributed by atoms with Crippen molar-refractivity contribution in [1.29, 1.82) is 0 Å². The highest BCUT2D eigenvalue weighted by atomic mass is 16.7. The highest BCUT2D eigenvalue weighted by molar-refractivity contribution is 5.78. The molecular weight excluding hydrogens is 494 g/mol. The largest absolute Gasteiger partial charge is 0.497 e. The van der Waals surface area contributed by atoms with Crippen LogP contribution in [0.5, 0.6) is 11.5 Å². The molecule has 0 radical (unpaired) electrons. The lowest BCUT2D eigenvalue weighted by Gasteiger charge is -2.30. The van der Waals surface area contributed by atoms with Crippen LogP contribution in [0.15, 0.2) is 91.0 Å². The summed E-state index contributed by atoms with van der Waals surface area (Å²) in [6.07, 6.45) is 0.581. The molecule has 198 valence electrons. The number of carbonyl (C=O) groups is 2. The Labute approximate surface area is 227 Å². The van der Waals surface area contributed by atoms with Crippen molar-refractivity contribution in [3.63, 3.8) is 0 Å². The predicted octanol–water partition coefficient (Wildman–Crippen LogP) is 5.62. The number of fused-ring (bicyclic) bond motifs is 3. The summed E-state index contributed by atoms with van der Waals surface area (Å²) in [5.74, 6) is 0.187. The molecule has 1 aliphatic carbocycles. The minimum atomic E-state index is -0.911. The van der Waals surface area contributed by atoms with Gasteiger partial charge in [-0.1, -0.05) is 72.8 Å². The van der Waals surface area contributed by atoms with Crippen LogP contribution in [0.1, 0.15) is 39.8 Å². The lowest BCUT2D eigenvalue weighted by molar-refractivity contribution is -0.184. The van der Waals surface area contributed by atoms with Crippen LogP contribution in [-0.2, 0) is 20.8 Å². The van der Waals surface area contributed by atoms with Gasteiger partial charge < -0.3 is 14.6 Å². The first kappa shape index (κ1) is 26.0. The number of carboxylic acids is 1. The molecule has 1 atom stereocenters. The molecule has 1 amide bonds. The van der Waals surface area contributed by atoms with Gasteiger partial charge in [-0.3, -0.25) is 14.4 Å². The quantitative estimate of drug-likeness (QED) is 0.203. The summed E-state index contributed by atoms with van der Waals surface area (Å²) in [7, 11) is 3.13. The fraction of sp³-hybridized carbons (Fsp3) is 0.188. The van der Waals surface area contributed by atoms with Crippen molar-refractivity contribution < 1.29 is 29.0 Å². The smallest absolute Gasteiger partial charge is 0.307 e. The maximum Gasteiger partial charge on any atom is 0.307 e. The number of amides is 1. The highest BCUT2D eigenvalue weighted by Gasteiger charge is 2.31. The zero-order valence-electron chi connectivity index (χ0n) is 21.7. The number of hydrogen-bond acceptors (Lipinski definition) is 5. The van der Waals surface area contributed by atoms with Crippen molar-refractivity contribution in [3.05, 3.63) is 119 Å². The Bertz CT molecular complexity index is 1440. The summed E-state index contributed by atoms with van der Waals surface area (Å²) in [6.45, 7) is 0.249. The molecule has 0 bridgehead atoms. The molecular formula is C32H29NO6. The molecule has 0 fully saturated rings. The second kappa shape index (κ2) is 11.4. The average Bonchev–Trinajstić information content (AvgIpc) is 3.29. The van der Waals surface area contributed by atoms with E-state index in [0.29, 0.717) is 29.0 Å². The minimum Gasteiger partial charge on any atom is -0.497 e. The molecule has 39 heavy (non-hydrogen) atoms. The number of nitrogens with zero attached hydrogens (tertiary/aromatic N) is 1. The number of carboxylic acid groups (broad SMARTS) is 1. The normalized spacial score (nSPS) is 12.8.